The number of imidazole rings is 1. The van der Waals surface area contributed by atoms with Crippen molar-refractivity contribution >= 4 is 49.0 Å². The van der Waals surface area contributed by atoms with Crippen LogP contribution in [-0.2, 0) is 27.8 Å². The minimum Gasteiger partial charge on any atom is -0.378 e. The first kappa shape index (κ1) is 35.9. The summed E-state index contributed by atoms with van der Waals surface area (Å²) in [6.07, 6.45) is 7.48. The summed E-state index contributed by atoms with van der Waals surface area (Å²) in [6, 6.07) is 13.1. The van der Waals surface area contributed by atoms with Crippen LogP contribution >= 0.6 is 15.9 Å². The van der Waals surface area contributed by atoms with E-state index >= 15 is 0 Å². The molecule has 0 radical (unpaired) electrons. The molecule has 49 heavy (non-hydrogen) atoms. The fourth-order valence-corrected chi connectivity index (χ4v) is 8.31. The monoisotopic (exact) mass is 747 g/mol. The molecule has 1 aliphatic carbocycles. The molecule has 0 spiro atoms. The third kappa shape index (κ3) is 8.61. The molecular formula is C36H42BrN7O4S. The van der Waals surface area contributed by atoms with Gasteiger partial charge in [-0.15, -0.1) is 0 Å². The van der Waals surface area contributed by atoms with Gasteiger partial charge in [-0.3, -0.25) is 14.3 Å². The number of aromatic nitrogens is 2. The Morgan fingerprint density at radius 3 is 2.59 bits per heavy atom. The lowest BCUT2D eigenvalue weighted by Crippen LogP contribution is -2.34. The molecular weight excluding hydrogens is 706 g/mol. The third-order valence-corrected chi connectivity index (χ3v) is 10.9. The molecule has 2 aliphatic rings. The van der Waals surface area contributed by atoms with E-state index in [2.05, 4.69) is 59.6 Å². The summed E-state index contributed by atoms with van der Waals surface area (Å²) in [7, 11) is -3.70. The van der Waals surface area contributed by atoms with Crippen molar-refractivity contribution in [2.75, 3.05) is 22.3 Å². The van der Waals surface area contributed by atoms with Gasteiger partial charge in [-0.1, -0.05) is 32.4 Å². The number of anilines is 2. The second kappa shape index (κ2) is 15.9. The molecule has 5 rings (SSSR count). The number of amides is 1. The fraction of sp³-hybridized carbons (Fsp3) is 0.389. The minimum absolute atomic E-state index is 0.0128. The number of nitriles is 1. The lowest BCUT2D eigenvalue weighted by molar-refractivity contribution is -0.117. The number of Topliss-reactive ketones (excluding diaryl/α,β-unsaturated/α-hetero) is 1. The molecule has 0 saturated heterocycles. The maximum absolute atomic E-state index is 13.6. The number of hydrogen-bond acceptors (Lipinski definition) is 8. The molecule has 258 valence electrons. The average Bonchev–Trinajstić information content (AvgIpc) is 3.57. The van der Waals surface area contributed by atoms with E-state index in [0.717, 1.165) is 36.2 Å². The number of nitrogens with one attached hydrogen (secondary N) is 5. The normalized spacial score (nSPS) is 17.7. The van der Waals surface area contributed by atoms with E-state index in [4.69, 9.17) is 0 Å². The number of allylic oxidation sites excluding steroid dienone is 4. The summed E-state index contributed by atoms with van der Waals surface area (Å²) in [5.41, 5.74) is 6.36. The summed E-state index contributed by atoms with van der Waals surface area (Å²) < 4.78 is 29.5. The highest BCUT2D eigenvalue weighted by Gasteiger charge is 2.39. The topological polar surface area (TPSA) is 169 Å². The van der Waals surface area contributed by atoms with Crippen LogP contribution in [0.5, 0.6) is 0 Å². The first-order chi connectivity index (χ1) is 23.5. The largest absolute Gasteiger partial charge is 0.378 e. The van der Waals surface area contributed by atoms with Gasteiger partial charge >= 0.3 is 0 Å². The van der Waals surface area contributed by atoms with E-state index in [0.29, 0.717) is 76.2 Å². The second-order valence-corrected chi connectivity index (χ2v) is 15.3. The number of dihydropyridines is 1. The highest BCUT2D eigenvalue weighted by molar-refractivity contribution is 9.10. The number of carbonyl (C=O) groups is 2. The summed E-state index contributed by atoms with van der Waals surface area (Å²) in [6.45, 7) is 6.56. The van der Waals surface area contributed by atoms with Gasteiger partial charge in [0, 0.05) is 64.8 Å². The van der Waals surface area contributed by atoms with Gasteiger partial charge < -0.3 is 20.9 Å². The number of carbonyl (C=O) groups excluding carboxylic acids is 2. The van der Waals surface area contributed by atoms with Crippen molar-refractivity contribution in [1.82, 2.24) is 20.6 Å². The Bertz CT molecular complexity index is 1910. The van der Waals surface area contributed by atoms with Crippen molar-refractivity contribution < 1.29 is 18.0 Å². The molecule has 13 heteroatoms. The van der Waals surface area contributed by atoms with Crippen molar-refractivity contribution in [3.05, 3.63) is 98.3 Å². The van der Waals surface area contributed by atoms with E-state index in [1.165, 1.54) is 0 Å². The Morgan fingerprint density at radius 2 is 1.92 bits per heavy atom. The van der Waals surface area contributed by atoms with Crippen LogP contribution in [-0.4, -0.2) is 42.4 Å². The molecule has 2 atom stereocenters. The molecule has 5 N–H and O–H groups in total. The maximum Gasteiger partial charge on any atom is 0.251 e. The Labute approximate surface area is 296 Å². The molecule has 0 fully saturated rings. The van der Waals surface area contributed by atoms with E-state index in [9.17, 15) is 23.3 Å². The van der Waals surface area contributed by atoms with Crippen LogP contribution < -0.4 is 20.7 Å². The van der Waals surface area contributed by atoms with Gasteiger partial charge in [0.1, 0.15) is 0 Å². The van der Waals surface area contributed by atoms with E-state index in [-0.39, 0.29) is 23.4 Å². The zero-order valence-electron chi connectivity index (χ0n) is 28.0. The highest BCUT2D eigenvalue weighted by Crippen LogP contribution is 2.46. The van der Waals surface area contributed by atoms with Crippen LogP contribution in [0.3, 0.4) is 0 Å². The summed E-state index contributed by atoms with van der Waals surface area (Å²) in [4.78, 5) is 33.3. The molecule has 3 aromatic rings. The SMILES string of the molecule is CCCC1CC(=O)C2=C(C1)NC(C)=C(C#N)C2c1cc(Br)c(NCc2ccc(C(=O)NCCc3cnc[nH]3)cc2)c(NS(=O)(=O)CCC)c1. The number of benzene rings is 2. The quantitative estimate of drug-likeness (QED) is 0.126. The molecule has 1 aromatic heterocycles. The maximum atomic E-state index is 13.6. The average molecular weight is 749 g/mol. The molecule has 2 unspecified atom stereocenters. The lowest BCUT2D eigenvalue weighted by atomic mass is 9.72. The first-order valence-electron chi connectivity index (χ1n) is 16.6. The zero-order chi connectivity index (χ0) is 35.1. The Morgan fingerprint density at radius 1 is 1.14 bits per heavy atom. The van der Waals surface area contributed by atoms with Crippen LogP contribution in [0.15, 0.2) is 75.9 Å². The molecule has 2 aromatic carbocycles. The highest BCUT2D eigenvalue weighted by atomic mass is 79.9. The Hall–Kier alpha value is -4.41. The van der Waals surface area contributed by atoms with Gasteiger partial charge in [0.05, 0.1) is 41.0 Å². The number of H-pyrrole nitrogens is 1. The number of nitrogens with zero attached hydrogens (tertiary/aromatic N) is 2. The van der Waals surface area contributed by atoms with Gasteiger partial charge in [0.2, 0.25) is 10.0 Å². The van der Waals surface area contributed by atoms with Crippen LogP contribution in [0.2, 0.25) is 0 Å². The number of rotatable bonds is 14. The number of aromatic amines is 1. The van der Waals surface area contributed by atoms with E-state index < -0.39 is 15.9 Å². The van der Waals surface area contributed by atoms with Crippen LogP contribution in [0.4, 0.5) is 11.4 Å². The number of sulfonamides is 1. The molecule has 1 aliphatic heterocycles. The third-order valence-electron chi connectivity index (χ3n) is 8.83. The van der Waals surface area contributed by atoms with Gasteiger partial charge in [-0.05, 0) is 83.4 Å². The van der Waals surface area contributed by atoms with E-state index in [1.807, 2.05) is 25.1 Å². The summed E-state index contributed by atoms with van der Waals surface area (Å²) >= 11 is 3.67. The minimum atomic E-state index is -3.70. The molecule has 0 saturated carbocycles. The predicted octanol–water partition coefficient (Wildman–Crippen LogP) is 6.43. The fourth-order valence-electron chi connectivity index (χ4n) is 6.55. The van der Waals surface area contributed by atoms with Crippen molar-refractivity contribution in [2.24, 2.45) is 5.92 Å². The second-order valence-electron chi connectivity index (χ2n) is 12.6. The molecule has 2 heterocycles. The molecule has 0 bridgehead atoms. The first-order valence-corrected chi connectivity index (χ1v) is 19.0. The van der Waals surface area contributed by atoms with Crippen molar-refractivity contribution in [3.63, 3.8) is 0 Å². The molecule has 1 amide bonds. The van der Waals surface area contributed by atoms with E-state index in [1.54, 1.807) is 37.6 Å². The number of hydrogen-bond donors (Lipinski definition) is 5. The number of halogens is 1. The zero-order valence-corrected chi connectivity index (χ0v) is 30.4. The summed E-state index contributed by atoms with van der Waals surface area (Å²) in [5.74, 6) is -0.624. The smallest absolute Gasteiger partial charge is 0.251 e. The van der Waals surface area contributed by atoms with Crippen molar-refractivity contribution in [2.45, 2.75) is 71.8 Å². The van der Waals surface area contributed by atoms with Crippen molar-refractivity contribution in [1.29, 1.82) is 5.26 Å². The Kier molecular flexibility index (Phi) is 11.6. The number of ketones is 1. The summed E-state index contributed by atoms with van der Waals surface area (Å²) in [5, 5.41) is 19.9. The van der Waals surface area contributed by atoms with Crippen LogP contribution in [0.25, 0.3) is 0 Å². The van der Waals surface area contributed by atoms with Gasteiger partial charge in [-0.2, -0.15) is 5.26 Å². The van der Waals surface area contributed by atoms with Crippen LogP contribution in [0.1, 0.15) is 86.0 Å². The predicted molar refractivity (Wildman–Crippen MR) is 194 cm³/mol. The van der Waals surface area contributed by atoms with Crippen molar-refractivity contribution in [3.8, 4) is 6.07 Å². The lowest BCUT2D eigenvalue weighted by Gasteiger charge is -2.36. The van der Waals surface area contributed by atoms with Gasteiger partial charge in [-0.25, -0.2) is 13.4 Å². The van der Waals surface area contributed by atoms with Gasteiger partial charge in [0.15, 0.2) is 5.78 Å². The Balaban J connectivity index is 1.41. The standard InChI is InChI=1S/C36H42BrN7O4S/c1-4-6-24-14-30-34(32(45)15-24)33(28(18-38)22(3)43-30)26-16-29(37)35(31(17-26)44-49(47,48)13-5-2)41-19-23-7-9-25(10-8-23)36(46)40-12-11-27-20-39-21-42-27/h7-10,16-17,20-21,24,33,41,43-44H,4-6,11-15,19H2,1-3H3,(H,39,42)(H,40,46). The molecule has 11 nitrogen and oxygen atoms in total. The van der Waals surface area contributed by atoms with Gasteiger partial charge in [0.25, 0.3) is 5.91 Å². The van der Waals surface area contributed by atoms with Crippen LogP contribution in [0, 0.1) is 17.2 Å².